The Kier molecular flexibility index (Phi) is 2.21. The lowest BCUT2D eigenvalue weighted by molar-refractivity contribution is 0.788. The average molecular weight is 261 g/mol. The topological polar surface area (TPSA) is 43.6 Å². The molecule has 2 saturated carbocycles. The highest BCUT2D eigenvalue weighted by atomic mass is 35.5. The quantitative estimate of drug-likeness (QED) is 0.797. The zero-order valence-corrected chi connectivity index (χ0v) is 10.6. The van der Waals surface area contributed by atoms with Crippen molar-refractivity contribution in [2.45, 2.75) is 37.5 Å². The molecule has 2 aliphatic rings. The second-order valence-corrected chi connectivity index (χ2v) is 5.53. The SMILES string of the molecule is Clc1cc(-n2ccc(C3CC3)n2)nc(C2CC2)n1. The highest BCUT2D eigenvalue weighted by molar-refractivity contribution is 6.29. The molecular weight excluding hydrogens is 248 g/mol. The van der Waals surface area contributed by atoms with Crippen molar-refractivity contribution in [3.8, 4) is 5.82 Å². The monoisotopic (exact) mass is 260 g/mol. The minimum Gasteiger partial charge on any atom is -0.222 e. The first-order valence-corrected chi connectivity index (χ1v) is 6.78. The van der Waals surface area contributed by atoms with Crippen LogP contribution in [-0.2, 0) is 0 Å². The molecule has 0 amide bonds. The molecule has 2 aromatic heterocycles. The third-order valence-electron chi connectivity index (χ3n) is 3.48. The lowest BCUT2D eigenvalue weighted by Crippen LogP contribution is -2.03. The smallest absolute Gasteiger partial charge is 0.158 e. The molecule has 2 fully saturated rings. The van der Waals surface area contributed by atoms with Crippen LogP contribution < -0.4 is 0 Å². The van der Waals surface area contributed by atoms with Crippen LogP contribution in [0.3, 0.4) is 0 Å². The Bertz CT molecular complexity index is 599. The van der Waals surface area contributed by atoms with Gasteiger partial charge in [-0.25, -0.2) is 14.6 Å². The summed E-state index contributed by atoms with van der Waals surface area (Å²) in [7, 11) is 0. The minimum absolute atomic E-state index is 0.501. The molecule has 0 N–H and O–H groups in total. The number of nitrogens with zero attached hydrogens (tertiary/aromatic N) is 4. The second kappa shape index (κ2) is 3.79. The van der Waals surface area contributed by atoms with Crippen molar-refractivity contribution in [2.75, 3.05) is 0 Å². The van der Waals surface area contributed by atoms with E-state index in [0.29, 0.717) is 17.0 Å². The lowest BCUT2D eigenvalue weighted by Gasteiger charge is -2.04. The maximum Gasteiger partial charge on any atom is 0.158 e. The van der Waals surface area contributed by atoms with Gasteiger partial charge in [-0.2, -0.15) is 5.10 Å². The second-order valence-electron chi connectivity index (χ2n) is 5.14. The maximum atomic E-state index is 6.06. The van der Waals surface area contributed by atoms with Gasteiger partial charge in [-0.15, -0.1) is 0 Å². The molecule has 0 bridgehead atoms. The van der Waals surface area contributed by atoms with Crippen LogP contribution in [0, 0.1) is 0 Å². The van der Waals surface area contributed by atoms with E-state index in [1.54, 1.807) is 6.07 Å². The van der Waals surface area contributed by atoms with Crippen molar-refractivity contribution in [3.63, 3.8) is 0 Å². The zero-order valence-electron chi connectivity index (χ0n) is 9.88. The standard InChI is InChI=1S/C13H13ClN4/c14-11-7-12(16-13(15-11)9-3-4-9)18-6-5-10(17-18)8-1-2-8/h5-9H,1-4H2. The number of halogens is 1. The Labute approximate surface area is 110 Å². The molecule has 0 aromatic carbocycles. The zero-order chi connectivity index (χ0) is 12.1. The number of hydrogen-bond acceptors (Lipinski definition) is 3. The molecule has 18 heavy (non-hydrogen) atoms. The van der Waals surface area contributed by atoms with Gasteiger partial charge in [0.1, 0.15) is 11.0 Å². The Morgan fingerprint density at radius 3 is 2.61 bits per heavy atom. The number of aromatic nitrogens is 4. The molecule has 5 heteroatoms. The van der Waals surface area contributed by atoms with Gasteiger partial charge in [0.2, 0.25) is 0 Å². The predicted molar refractivity (Wildman–Crippen MR) is 68.1 cm³/mol. The van der Waals surface area contributed by atoms with Gasteiger partial charge < -0.3 is 0 Å². The molecule has 0 unspecified atom stereocenters. The van der Waals surface area contributed by atoms with Crippen molar-refractivity contribution >= 4 is 11.6 Å². The van der Waals surface area contributed by atoms with Gasteiger partial charge in [-0.1, -0.05) is 11.6 Å². The molecule has 2 heterocycles. The Morgan fingerprint density at radius 2 is 1.89 bits per heavy atom. The summed E-state index contributed by atoms with van der Waals surface area (Å²) in [5.74, 6) is 2.80. The minimum atomic E-state index is 0.501. The van der Waals surface area contributed by atoms with E-state index in [1.807, 2.05) is 10.9 Å². The third kappa shape index (κ3) is 1.90. The Morgan fingerprint density at radius 1 is 1.11 bits per heavy atom. The highest BCUT2D eigenvalue weighted by Gasteiger charge is 2.28. The first kappa shape index (κ1) is 10.5. The van der Waals surface area contributed by atoms with Gasteiger partial charge in [-0.3, -0.25) is 0 Å². The van der Waals surface area contributed by atoms with Crippen molar-refractivity contribution < 1.29 is 0 Å². The van der Waals surface area contributed by atoms with Crippen molar-refractivity contribution in [1.29, 1.82) is 0 Å². The van der Waals surface area contributed by atoms with Gasteiger partial charge in [0.15, 0.2) is 5.82 Å². The van der Waals surface area contributed by atoms with Crippen LogP contribution in [0.15, 0.2) is 18.3 Å². The van der Waals surface area contributed by atoms with E-state index in [2.05, 4.69) is 21.1 Å². The Hall–Kier alpha value is -1.42. The van der Waals surface area contributed by atoms with Crippen molar-refractivity contribution in [2.24, 2.45) is 0 Å². The first-order chi connectivity index (χ1) is 8.79. The fourth-order valence-corrected chi connectivity index (χ4v) is 2.31. The van der Waals surface area contributed by atoms with Crippen LogP contribution in [0.1, 0.15) is 49.0 Å². The largest absolute Gasteiger partial charge is 0.222 e. The van der Waals surface area contributed by atoms with Gasteiger partial charge in [0.05, 0.1) is 5.69 Å². The van der Waals surface area contributed by atoms with Crippen LogP contribution in [0.5, 0.6) is 0 Å². The molecule has 92 valence electrons. The summed E-state index contributed by atoms with van der Waals surface area (Å²) in [6, 6.07) is 3.85. The van der Waals surface area contributed by atoms with Crippen molar-refractivity contribution in [3.05, 3.63) is 35.0 Å². The highest BCUT2D eigenvalue weighted by Crippen LogP contribution is 2.40. The summed E-state index contributed by atoms with van der Waals surface area (Å²) in [6.45, 7) is 0. The molecule has 4 rings (SSSR count). The van der Waals surface area contributed by atoms with E-state index in [4.69, 9.17) is 11.6 Å². The number of hydrogen-bond donors (Lipinski definition) is 0. The molecule has 2 aromatic rings. The lowest BCUT2D eigenvalue weighted by atomic mass is 10.3. The van der Waals surface area contributed by atoms with Crippen molar-refractivity contribution in [1.82, 2.24) is 19.7 Å². The van der Waals surface area contributed by atoms with Crippen LogP contribution in [0.2, 0.25) is 5.15 Å². The molecule has 0 aliphatic heterocycles. The fraction of sp³-hybridized carbons (Fsp3) is 0.462. The van der Waals surface area contributed by atoms with E-state index in [0.717, 1.165) is 17.3 Å². The third-order valence-corrected chi connectivity index (χ3v) is 3.67. The van der Waals surface area contributed by atoms with Gasteiger partial charge in [0, 0.05) is 24.1 Å². The summed E-state index contributed by atoms with van der Waals surface area (Å²) in [5, 5.41) is 5.08. The van der Waals surface area contributed by atoms with Crippen LogP contribution in [0.25, 0.3) is 5.82 Å². The maximum absolute atomic E-state index is 6.06. The fourth-order valence-electron chi connectivity index (χ4n) is 2.13. The molecular formula is C13H13ClN4. The summed E-state index contributed by atoms with van der Waals surface area (Å²) in [5.41, 5.74) is 1.16. The van der Waals surface area contributed by atoms with Crippen LogP contribution in [-0.4, -0.2) is 19.7 Å². The summed E-state index contributed by atoms with van der Waals surface area (Å²) < 4.78 is 1.81. The molecule has 0 atom stereocenters. The summed E-state index contributed by atoms with van der Waals surface area (Å²) in [6.07, 6.45) is 6.82. The summed E-state index contributed by atoms with van der Waals surface area (Å²) in [4.78, 5) is 8.85. The normalized spacial score (nSPS) is 19.2. The molecule has 0 radical (unpaired) electrons. The van der Waals surface area contributed by atoms with E-state index >= 15 is 0 Å². The Balaban J connectivity index is 1.72. The molecule has 0 saturated heterocycles. The van der Waals surface area contributed by atoms with Gasteiger partial charge >= 0.3 is 0 Å². The first-order valence-electron chi connectivity index (χ1n) is 6.40. The van der Waals surface area contributed by atoms with E-state index in [9.17, 15) is 0 Å². The van der Waals surface area contributed by atoms with E-state index in [1.165, 1.54) is 25.7 Å². The van der Waals surface area contributed by atoms with Crippen LogP contribution >= 0.6 is 11.6 Å². The van der Waals surface area contributed by atoms with E-state index < -0.39 is 0 Å². The predicted octanol–water partition coefficient (Wildman–Crippen LogP) is 3.07. The molecule has 0 spiro atoms. The van der Waals surface area contributed by atoms with E-state index in [-0.39, 0.29) is 0 Å². The molecule has 2 aliphatic carbocycles. The average Bonchev–Trinajstić information content (AvgIpc) is 3.26. The molecule has 4 nitrogen and oxygen atoms in total. The summed E-state index contributed by atoms with van der Waals surface area (Å²) >= 11 is 6.06. The van der Waals surface area contributed by atoms with Crippen LogP contribution in [0.4, 0.5) is 0 Å². The van der Waals surface area contributed by atoms with Gasteiger partial charge in [-0.05, 0) is 31.7 Å². The number of rotatable bonds is 3. The van der Waals surface area contributed by atoms with Gasteiger partial charge in [0.25, 0.3) is 0 Å².